The van der Waals surface area contributed by atoms with Gasteiger partial charge in [-0.05, 0) is 32.0 Å². The molecule has 2 aromatic rings. The van der Waals surface area contributed by atoms with Gasteiger partial charge in [0.2, 0.25) is 0 Å². The Kier molecular flexibility index (Phi) is 3.66. The molecular formula is C12H15ClN4O2S. The Morgan fingerprint density at radius 1 is 1.35 bits per heavy atom. The summed E-state index contributed by atoms with van der Waals surface area (Å²) in [5, 5.41) is 4.38. The Morgan fingerprint density at radius 2 is 2.00 bits per heavy atom. The molecule has 20 heavy (non-hydrogen) atoms. The summed E-state index contributed by atoms with van der Waals surface area (Å²) in [6.07, 6.45) is 0. The first kappa shape index (κ1) is 14.7. The Balaban J connectivity index is 2.49. The van der Waals surface area contributed by atoms with Crippen LogP contribution in [0.3, 0.4) is 0 Å². The summed E-state index contributed by atoms with van der Waals surface area (Å²) in [6, 6.07) is 4.61. The summed E-state index contributed by atoms with van der Waals surface area (Å²) in [4.78, 5) is 0.151. The molecule has 108 valence electrons. The third-order valence-corrected chi connectivity index (χ3v) is 4.89. The number of aromatic nitrogens is 2. The van der Waals surface area contributed by atoms with Crippen molar-refractivity contribution in [1.29, 1.82) is 0 Å². The van der Waals surface area contributed by atoms with Gasteiger partial charge in [-0.15, -0.1) is 0 Å². The number of nitrogens with zero attached hydrogens (tertiary/aromatic N) is 2. The van der Waals surface area contributed by atoms with Crippen molar-refractivity contribution in [1.82, 2.24) is 9.78 Å². The molecule has 0 aliphatic rings. The highest BCUT2D eigenvalue weighted by Crippen LogP contribution is 2.28. The number of anilines is 2. The number of sulfonamides is 1. The summed E-state index contributed by atoms with van der Waals surface area (Å²) in [7, 11) is -2.08. The van der Waals surface area contributed by atoms with Crippen molar-refractivity contribution in [2.24, 2.45) is 7.05 Å². The van der Waals surface area contributed by atoms with Gasteiger partial charge in [0.25, 0.3) is 10.0 Å². The molecule has 0 amide bonds. The van der Waals surface area contributed by atoms with Crippen LogP contribution in [0.1, 0.15) is 11.4 Å². The fourth-order valence-corrected chi connectivity index (χ4v) is 3.69. The van der Waals surface area contributed by atoms with E-state index in [-0.39, 0.29) is 15.6 Å². The molecule has 0 bridgehead atoms. The van der Waals surface area contributed by atoms with Crippen LogP contribution in [0.4, 0.5) is 11.4 Å². The summed E-state index contributed by atoms with van der Waals surface area (Å²) >= 11 is 5.97. The highest BCUT2D eigenvalue weighted by Gasteiger charge is 2.24. The zero-order valence-electron chi connectivity index (χ0n) is 11.3. The SMILES string of the molecule is Cc1nn(C)c(C)c1S(=O)(=O)Nc1cc(N)ccc1Cl. The second kappa shape index (κ2) is 4.99. The molecule has 1 heterocycles. The van der Waals surface area contributed by atoms with Crippen molar-refractivity contribution in [2.75, 3.05) is 10.5 Å². The molecule has 8 heteroatoms. The van der Waals surface area contributed by atoms with Crippen LogP contribution in [-0.4, -0.2) is 18.2 Å². The predicted octanol–water partition coefficient (Wildman–Crippen LogP) is 2.07. The van der Waals surface area contributed by atoms with Crippen LogP contribution >= 0.6 is 11.6 Å². The number of nitrogens with two attached hydrogens (primary N) is 1. The zero-order valence-corrected chi connectivity index (χ0v) is 12.9. The molecule has 2 rings (SSSR count). The summed E-state index contributed by atoms with van der Waals surface area (Å²) in [5.41, 5.74) is 7.29. The monoisotopic (exact) mass is 314 g/mol. The van der Waals surface area contributed by atoms with E-state index in [0.717, 1.165) is 0 Å². The first-order valence-corrected chi connectivity index (χ1v) is 7.66. The van der Waals surface area contributed by atoms with Crippen LogP contribution in [0.25, 0.3) is 0 Å². The lowest BCUT2D eigenvalue weighted by Crippen LogP contribution is -2.15. The van der Waals surface area contributed by atoms with Gasteiger partial charge in [0.1, 0.15) is 4.90 Å². The fraction of sp³-hybridized carbons (Fsp3) is 0.250. The van der Waals surface area contributed by atoms with Crippen LogP contribution in [0, 0.1) is 13.8 Å². The van der Waals surface area contributed by atoms with Gasteiger partial charge in [-0.1, -0.05) is 11.6 Å². The van der Waals surface area contributed by atoms with E-state index < -0.39 is 10.0 Å². The lowest BCUT2D eigenvalue weighted by atomic mass is 10.3. The molecule has 0 spiro atoms. The first-order chi connectivity index (χ1) is 9.22. The topological polar surface area (TPSA) is 90.0 Å². The van der Waals surface area contributed by atoms with Crippen molar-refractivity contribution in [3.63, 3.8) is 0 Å². The molecule has 0 fully saturated rings. The van der Waals surface area contributed by atoms with Gasteiger partial charge in [-0.3, -0.25) is 9.40 Å². The maximum atomic E-state index is 12.5. The number of hydrogen-bond donors (Lipinski definition) is 2. The van der Waals surface area contributed by atoms with E-state index in [2.05, 4.69) is 9.82 Å². The standard InChI is InChI=1S/C12H15ClN4O2S/c1-7-12(8(2)17(3)15-7)20(18,19)16-11-6-9(14)4-5-10(11)13/h4-6,16H,14H2,1-3H3. The number of rotatable bonds is 3. The van der Waals surface area contributed by atoms with E-state index in [1.165, 1.54) is 16.8 Å². The maximum Gasteiger partial charge on any atom is 0.265 e. The number of aryl methyl sites for hydroxylation is 2. The molecule has 0 unspecified atom stereocenters. The number of hydrogen-bond acceptors (Lipinski definition) is 4. The summed E-state index contributed by atoms with van der Waals surface area (Å²) < 4.78 is 28.9. The van der Waals surface area contributed by atoms with Gasteiger partial charge in [0, 0.05) is 12.7 Å². The molecule has 0 saturated heterocycles. The third-order valence-electron chi connectivity index (χ3n) is 2.95. The Morgan fingerprint density at radius 3 is 2.55 bits per heavy atom. The molecule has 0 radical (unpaired) electrons. The summed E-state index contributed by atoms with van der Waals surface area (Å²) in [5.74, 6) is 0. The third kappa shape index (κ3) is 2.59. The Labute approximate surface area is 122 Å². The van der Waals surface area contributed by atoms with E-state index in [0.29, 0.717) is 17.1 Å². The average molecular weight is 315 g/mol. The number of nitrogen functional groups attached to an aromatic ring is 1. The molecule has 0 atom stereocenters. The van der Waals surface area contributed by atoms with Crippen LogP contribution < -0.4 is 10.5 Å². The molecule has 1 aromatic heterocycles. The van der Waals surface area contributed by atoms with Crippen LogP contribution in [0.5, 0.6) is 0 Å². The van der Waals surface area contributed by atoms with E-state index in [4.69, 9.17) is 17.3 Å². The molecule has 0 aliphatic heterocycles. The lowest BCUT2D eigenvalue weighted by Gasteiger charge is -2.10. The normalized spacial score (nSPS) is 11.6. The van der Waals surface area contributed by atoms with Crippen molar-refractivity contribution >= 4 is 33.0 Å². The molecule has 0 saturated carbocycles. The van der Waals surface area contributed by atoms with Gasteiger partial charge in [0.05, 0.1) is 22.1 Å². The molecule has 6 nitrogen and oxygen atoms in total. The highest BCUT2D eigenvalue weighted by molar-refractivity contribution is 7.92. The largest absolute Gasteiger partial charge is 0.399 e. The fourth-order valence-electron chi connectivity index (χ4n) is 1.96. The zero-order chi connectivity index (χ0) is 15.1. The maximum absolute atomic E-state index is 12.5. The minimum atomic E-state index is -3.77. The van der Waals surface area contributed by atoms with E-state index >= 15 is 0 Å². The quantitative estimate of drug-likeness (QED) is 0.849. The molecular weight excluding hydrogens is 300 g/mol. The Bertz CT molecular complexity index is 768. The van der Waals surface area contributed by atoms with Gasteiger partial charge in [-0.2, -0.15) is 5.10 Å². The van der Waals surface area contributed by atoms with E-state index in [1.807, 2.05) is 0 Å². The van der Waals surface area contributed by atoms with Crippen molar-refractivity contribution in [3.05, 3.63) is 34.6 Å². The van der Waals surface area contributed by atoms with Gasteiger partial charge < -0.3 is 5.73 Å². The van der Waals surface area contributed by atoms with Crippen molar-refractivity contribution in [2.45, 2.75) is 18.7 Å². The predicted molar refractivity (Wildman–Crippen MR) is 79.4 cm³/mol. The minimum absolute atomic E-state index is 0.151. The van der Waals surface area contributed by atoms with Crippen LogP contribution in [0.15, 0.2) is 23.1 Å². The minimum Gasteiger partial charge on any atom is -0.399 e. The highest BCUT2D eigenvalue weighted by atomic mass is 35.5. The molecule has 3 N–H and O–H groups in total. The molecule has 0 aliphatic carbocycles. The number of nitrogens with one attached hydrogen (secondary N) is 1. The van der Waals surface area contributed by atoms with Crippen molar-refractivity contribution < 1.29 is 8.42 Å². The van der Waals surface area contributed by atoms with Crippen molar-refractivity contribution in [3.8, 4) is 0 Å². The smallest absolute Gasteiger partial charge is 0.265 e. The lowest BCUT2D eigenvalue weighted by molar-refractivity contribution is 0.599. The second-order valence-electron chi connectivity index (χ2n) is 4.47. The van der Waals surface area contributed by atoms with Gasteiger partial charge in [0.15, 0.2) is 0 Å². The van der Waals surface area contributed by atoms with E-state index in [9.17, 15) is 8.42 Å². The van der Waals surface area contributed by atoms with Gasteiger partial charge >= 0.3 is 0 Å². The average Bonchev–Trinajstić information content (AvgIpc) is 2.58. The number of halogens is 1. The van der Waals surface area contributed by atoms with Crippen LogP contribution in [0.2, 0.25) is 5.02 Å². The first-order valence-electron chi connectivity index (χ1n) is 5.80. The van der Waals surface area contributed by atoms with Gasteiger partial charge in [-0.25, -0.2) is 8.42 Å². The number of benzene rings is 1. The molecule has 1 aromatic carbocycles. The van der Waals surface area contributed by atoms with Crippen LogP contribution in [-0.2, 0) is 17.1 Å². The van der Waals surface area contributed by atoms with E-state index in [1.54, 1.807) is 27.0 Å². The second-order valence-corrected chi connectivity index (χ2v) is 6.49. The Hall–Kier alpha value is -1.73. The summed E-state index contributed by atoms with van der Waals surface area (Å²) in [6.45, 7) is 3.33.